The number of hydrogen-bond donors (Lipinski definition) is 3. The van der Waals surface area contributed by atoms with E-state index in [0.29, 0.717) is 0 Å². The van der Waals surface area contributed by atoms with Crippen LogP contribution in [0.25, 0.3) is 10.9 Å². The van der Waals surface area contributed by atoms with Crippen LogP contribution in [-0.4, -0.2) is 19.8 Å². The van der Waals surface area contributed by atoms with E-state index < -0.39 is 25.1 Å². The lowest BCUT2D eigenvalue weighted by molar-refractivity contribution is 0.370. The standard InChI is InChI=1S/C9H8FN2O4P/c10-5-1-2-7-6(3-5)9(13)12-8(11-7)4-17(14,15)16/h1-3H,4H2,(H,11,12,13)(H2,14,15,16). The number of aromatic nitrogens is 2. The average molecular weight is 258 g/mol. The fraction of sp³-hybridized carbons (Fsp3) is 0.111. The summed E-state index contributed by atoms with van der Waals surface area (Å²) in [4.78, 5) is 35.1. The minimum absolute atomic E-state index is 0.0412. The first kappa shape index (κ1) is 11.9. The van der Waals surface area contributed by atoms with Crippen molar-refractivity contribution in [2.24, 2.45) is 0 Å². The quantitative estimate of drug-likeness (QED) is 0.689. The lowest BCUT2D eigenvalue weighted by Gasteiger charge is -2.04. The van der Waals surface area contributed by atoms with E-state index in [1.807, 2.05) is 0 Å². The van der Waals surface area contributed by atoms with Crippen LogP contribution in [0.1, 0.15) is 5.82 Å². The zero-order chi connectivity index (χ0) is 12.6. The van der Waals surface area contributed by atoms with Gasteiger partial charge in [0.15, 0.2) is 0 Å². The van der Waals surface area contributed by atoms with Crippen molar-refractivity contribution in [3.05, 3.63) is 40.2 Å². The predicted octanol–water partition coefficient (Wildman–Crippen LogP) is 0.740. The monoisotopic (exact) mass is 258 g/mol. The Labute approximate surface area is 94.3 Å². The zero-order valence-corrected chi connectivity index (χ0v) is 9.32. The first-order valence-electron chi connectivity index (χ1n) is 4.58. The number of H-pyrrole nitrogens is 1. The molecule has 17 heavy (non-hydrogen) atoms. The largest absolute Gasteiger partial charge is 0.333 e. The third kappa shape index (κ3) is 2.76. The van der Waals surface area contributed by atoms with Crippen molar-refractivity contribution in [3.8, 4) is 0 Å². The molecule has 8 heteroatoms. The topological polar surface area (TPSA) is 103 Å². The lowest BCUT2D eigenvalue weighted by atomic mass is 10.2. The number of nitrogens with one attached hydrogen (secondary N) is 1. The Morgan fingerprint density at radius 1 is 1.41 bits per heavy atom. The van der Waals surface area contributed by atoms with Crippen LogP contribution < -0.4 is 5.56 Å². The highest BCUT2D eigenvalue weighted by Gasteiger charge is 2.16. The number of aromatic amines is 1. The van der Waals surface area contributed by atoms with Crippen LogP contribution in [0.5, 0.6) is 0 Å². The summed E-state index contributed by atoms with van der Waals surface area (Å²) in [5, 5.41) is 0.0412. The van der Waals surface area contributed by atoms with Gasteiger partial charge >= 0.3 is 7.60 Å². The van der Waals surface area contributed by atoms with Crippen molar-refractivity contribution < 1.29 is 18.7 Å². The molecule has 0 spiro atoms. The van der Waals surface area contributed by atoms with Gasteiger partial charge in [-0.25, -0.2) is 9.37 Å². The average Bonchev–Trinajstić information content (AvgIpc) is 2.17. The van der Waals surface area contributed by atoms with Gasteiger partial charge in [-0.05, 0) is 18.2 Å². The van der Waals surface area contributed by atoms with Gasteiger partial charge in [-0.3, -0.25) is 9.36 Å². The Morgan fingerprint density at radius 2 is 2.12 bits per heavy atom. The van der Waals surface area contributed by atoms with Crippen molar-refractivity contribution >= 4 is 18.5 Å². The molecule has 0 saturated carbocycles. The maximum absolute atomic E-state index is 12.9. The molecule has 2 aromatic rings. The number of hydrogen-bond acceptors (Lipinski definition) is 3. The van der Waals surface area contributed by atoms with E-state index >= 15 is 0 Å². The molecule has 3 N–H and O–H groups in total. The second-order valence-corrected chi connectivity index (χ2v) is 5.14. The van der Waals surface area contributed by atoms with Crippen molar-refractivity contribution in [1.82, 2.24) is 9.97 Å². The highest BCUT2D eigenvalue weighted by Crippen LogP contribution is 2.37. The molecule has 1 aromatic carbocycles. The van der Waals surface area contributed by atoms with Crippen molar-refractivity contribution in [1.29, 1.82) is 0 Å². The van der Waals surface area contributed by atoms with Crippen molar-refractivity contribution in [3.63, 3.8) is 0 Å². The molecular formula is C9H8FN2O4P. The molecule has 1 aromatic heterocycles. The van der Waals surface area contributed by atoms with Crippen LogP contribution in [0.4, 0.5) is 4.39 Å². The SMILES string of the molecule is O=c1[nH]c(CP(=O)(O)O)nc2ccc(F)cc12. The molecule has 1 heterocycles. The first-order chi connectivity index (χ1) is 7.85. The molecule has 0 amide bonds. The molecule has 6 nitrogen and oxygen atoms in total. The van der Waals surface area contributed by atoms with E-state index in [1.54, 1.807) is 0 Å². The molecular weight excluding hydrogens is 250 g/mol. The molecule has 0 aliphatic heterocycles. The first-order valence-corrected chi connectivity index (χ1v) is 6.38. The summed E-state index contributed by atoms with van der Waals surface area (Å²) in [6, 6.07) is 3.42. The van der Waals surface area contributed by atoms with Crippen LogP contribution in [0.2, 0.25) is 0 Å². The highest BCUT2D eigenvalue weighted by molar-refractivity contribution is 7.50. The van der Waals surface area contributed by atoms with E-state index in [9.17, 15) is 13.8 Å². The Balaban J connectivity index is 2.60. The molecule has 0 aliphatic carbocycles. The summed E-state index contributed by atoms with van der Waals surface area (Å²) in [5.74, 6) is -0.699. The Hall–Kier alpha value is -1.56. The van der Waals surface area contributed by atoms with Crippen LogP contribution in [0.15, 0.2) is 23.0 Å². The number of rotatable bonds is 2. The fourth-order valence-electron chi connectivity index (χ4n) is 1.43. The number of benzene rings is 1. The normalized spacial score (nSPS) is 11.9. The fourth-order valence-corrected chi connectivity index (χ4v) is 1.97. The molecule has 90 valence electrons. The Kier molecular flexibility index (Phi) is 2.82. The summed E-state index contributed by atoms with van der Waals surface area (Å²) in [6.07, 6.45) is -0.657. The summed E-state index contributed by atoms with van der Waals surface area (Å²) in [6.45, 7) is 0. The van der Waals surface area contributed by atoms with E-state index in [0.717, 1.165) is 12.1 Å². The minimum Gasteiger partial charge on any atom is -0.324 e. The number of halogens is 1. The molecule has 0 fully saturated rings. The summed E-state index contributed by atoms with van der Waals surface area (Å²) in [7, 11) is -4.30. The van der Waals surface area contributed by atoms with Gasteiger partial charge in [0, 0.05) is 0 Å². The molecule has 0 saturated heterocycles. The van der Waals surface area contributed by atoms with Crippen LogP contribution in [0.3, 0.4) is 0 Å². The smallest absolute Gasteiger partial charge is 0.324 e. The summed E-state index contributed by atoms with van der Waals surface area (Å²) >= 11 is 0. The molecule has 2 rings (SSSR count). The predicted molar refractivity (Wildman–Crippen MR) is 58.1 cm³/mol. The van der Waals surface area contributed by atoms with Gasteiger partial charge < -0.3 is 14.8 Å². The molecule has 0 atom stereocenters. The zero-order valence-electron chi connectivity index (χ0n) is 8.42. The van der Waals surface area contributed by atoms with Crippen molar-refractivity contribution in [2.75, 3.05) is 0 Å². The van der Waals surface area contributed by atoms with Gasteiger partial charge in [-0.1, -0.05) is 0 Å². The minimum atomic E-state index is -4.30. The van der Waals surface area contributed by atoms with Gasteiger partial charge in [0.05, 0.1) is 10.9 Å². The summed E-state index contributed by atoms with van der Waals surface area (Å²) < 4.78 is 23.7. The number of nitrogens with zero attached hydrogens (tertiary/aromatic N) is 1. The van der Waals surface area contributed by atoms with E-state index in [4.69, 9.17) is 9.79 Å². The maximum Gasteiger partial charge on any atom is 0.333 e. The molecule has 0 aliphatic rings. The third-order valence-corrected chi connectivity index (χ3v) is 2.78. The summed E-state index contributed by atoms with van der Waals surface area (Å²) in [5.41, 5.74) is -0.434. The van der Waals surface area contributed by atoms with Gasteiger partial charge in [0.2, 0.25) is 0 Å². The second-order valence-electron chi connectivity index (χ2n) is 3.50. The molecule has 0 unspecified atom stereocenters. The Morgan fingerprint density at radius 3 is 2.76 bits per heavy atom. The van der Waals surface area contributed by atoms with Gasteiger partial charge in [0.1, 0.15) is 17.8 Å². The maximum atomic E-state index is 12.9. The van der Waals surface area contributed by atoms with Crippen LogP contribution >= 0.6 is 7.60 Å². The van der Waals surface area contributed by atoms with Crippen LogP contribution in [-0.2, 0) is 10.7 Å². The van der Waals surface area contributed by atoms with E-state index in [1.165, 1.54) is 6.07 Å². The second kappa shape index (κ2) is 4.03. The van der Waals surface area contributed by atoms with Gasteiger partial charge in [-0.2, -0.15) is 0 Å². The lowest BCUT2D eigenvalue weighted by Crippen LogP contribution is -2.12. The Bertz CT molecular complexity index is 678. The number of fused-ring (bicyclic) bond motifs is 1. The van der Waals surface area contributed by atoms with Gasteiger partial charge in [-0.15, -0.1) is 0 Å². The molecule has 0 bridgehead atoms. The highest BCUT2D eigenvalue weighted by atomic mass is 31.2. The molecule has 0 radical (unpaired) electrons. The van der Waals surface area contributed by atoms with Crippen molar-refractivity contribution in [2.45, 2.75) is 6.16 Å². The van der Waals surface area contributed by atoms with Gasteiger partial charge in [0.25, 0.3) is 5.56 Å². The third-order valence-electron chi connectivity index (χ3n) is 2.07. The van der Waals surface area contributed by atoms with E-state index in [2.05, 4.69) is 9.97 Å². The van der Waals surface area contributed by atoms with Crippen LogP contribution in [0, 0.1) is 5.82 Å². The van der Waals surface area contributed by atoms with E-state index in [-0.39, 0.29) is 16.7 Å².